The van der Waals surface area contributed by atoms with Crippen molar-refractivity contribution in [2.24, 2.45) is 5.73 Å². The van der Waals surface area contributed by atoms with Crippen molar-refractivity contribution in [2.75, 3.05) is 13.2 Å². The number of hydrogen-bond donors (Lipinski definition) is 1. The molecule has 1 fully saturated rings. The fraction of sp³-hybridized carbons (Fsp3) is 1.00. The summed E-state index contributed by atoms with van der Waals surface area (Å²) in [5.74, 6) is 0. The summed E-state index contributed by atoms with van der Waals surface area (Å²) in [6.07, 6.45) is 0.0544. The average molecular weight is 159 g/mol. The van der Waals surface area contributed by atoms with Gasteiger partial charge in [0.25, 0.3) is 0 Å². The first-order chi connectivity index (χ1) is 5.01. The third-order valence-electron chi connectivity index (χ3n) is 1.79. The normalized spacial score (nSPS) is 33.3. The van der Waals surface area contributed by atoms with E-state index >= 15 is 0 Å². The maximum Gasteiger partial charge on any atom is 0.0964 e. The van der Waals surface area contributed by atoms with Gasteiger partial charge in [-0.3, -0.25) is 0 Å². The molecule has 0 aromatic rings. The van der Waals surface area contributed by atoms with Crippen molar-refractivity contribution in [3.8, 4) is 0 Å². The molecule has 0 bridgehead atoms. The molecule has 1 rings (SSSR count). The Bertz CT molecular complexity index is 134. The molecule has 1 heterocycles. The lowest BCUT2D eigenvalue weighted by molar-refractivity contribution is -0.186. The van der Waals surface area contributed by atoms with Gasteiger partial charge in [-0.05, 0) is 20.8 Å². The zero-order valence-electron chi connectivity index (χ0n) is 7.46. The number of rotatable bonds is 1. The summed E-state index contributed by atoms with van der Waals surface area (Å²) >= 11 is 0. The SMILES string of the molecule is CC(N)C1COCC(C)(C)O1. The van der Waals surface area contributed by atoms with E-state index in [0.717, 1.165) is 0 Å². The fourth-order valence-corrected chi connectivity index (χ4v) is 1.16. The Balaban J connectivity index is 2.46. The van der Waals surface area contributed by atoms with Crippen LogP contribution < -0.4 is 5.73 Å². The minimum atomic E-state index is -0.170. The summed E-state index contributed by atoms with van der Waals surface area (Å²) < 4.78 is 11.0. The van der Waals surface area contributed by atoms with Crippen LogP contribution in [0.1, 0.15) is 20.8 Å². The second-order valence-corrected chi connectivity index (χ2v) is 3.79. The summed E-state index contributed by atoms with van der Waals surface area (Å²) in [6.45, 7) is 7.26. The molecule has 1 saturated heterocycles. The standard InChI is InChI=1S/C8H17NO2/c1-6(9)7-4-10-5-8(2,3)11-7/h6-7H,4-5,9H2,1-3H3. The Morgan fingerprint density at radius 2 is 2.18 bits per heavy atom. The van der Waals surface area contributed by atoms with Gasteiger partial charge in [-0.15, -0.1) is 0 Å². The highest BCUT2D eigenvalue weighted by Crippen LogP contribution is 2.19. The molecule has 3 nitrogen and oxygen atoms in total. The monoisotopic (exact) mass is 159 g/mol. The minimum Gasteiger partial charge on any atom is -0.376 e. The van der Waals surface area contributed by atoms with Crippen LogP contribution in [0, 0.1) is 0 Å². The summed E-state index contributed by atoms with van der Waals surface area (Å²) in [4.78, 5) is 0. The Labute approximate surface area is 67.9 Å². The van der Waals surface area contributed by atoms with Crippen LogP contribution in [-0.4, -0.2) is 31.0 Å². The molecule has 0 spiro atoms. The van der Waals surface area contributed by atoms with Gasteiger partial charge in [0.1, 0.15) is 0 Å². The minimum absolute atomic E-state index is 0.0505. The van der Waals surface area contributed by atoms with E-state index in [0.29, 0.717) is 13.2 Å². The van der Waals surface area contributed by atoms with Gasteiger partial charge in [-0.2, -0.15) is 0 Å². The Kier molecular flexibility index (Phi) is 2.52. The maximum atomic E-state index is 5.69. The molecule has 66 valence electrons. The first-order valence-corrected chi connectivity index (χ1v) is 4.02. The molecule has 1 aliphatic heterocycles. The largest absolute Gasteiger partial charge is 0.376 e. The predicted octanol–water partition coefficient (Wildman–Crippen LogP) is 0.528. The summed E-state index contributed by atoms with van der Waals surface area (Å²) in [6, 6.07) is 0.0505. The van der Waals surface area contributed by atoms with E-state index in [-0.39, 0.29) is 17.7 Å². The van der Waals surface area contributed by atoms with Gasteiger partial charge in [0.2, 0.25) is 0 Å². The highest BCUT2D eigenvalue weighted by molar-refractivity contribution is 4.79. The van der Waals surface area contributed by atoms with E-state index in [2.05, 4.69) is 0 Å². The molecule has 0 radical (unpaired) electrons. The van der Waals surface area contributed by atoms with Gasteiger partial charge >= 0.3 is 0 Å². The van der Waals surface area contributed by atoms with E-state index in [1.807, 2.05) is 20.8 Å². The van der Waals surface area contributed by atoms with E-state index < -0.39 is 0 Å². The van der Waals surface area contributed by atoms with E-state index in [1.165, 1.54) is 0 Å². The molecule has 2 N–H and O–H groups in total. The van der Waals surface area contributed by atoms with Crippen molar-refractivity contribution in [2.45, 2.75) is 38.5 Å². The molecular formula is C8H17NO2. The third kappa shape index (κ3) is 2.43. The van der Waals surface area contributed by atoms with Gasteiger partial charge in [-0.25, -0.2) is 0 Å². The molecule has 11 heavy (non-hydrogen) atoms. The van der Waals surface area contributed by atoms with Gasteiger partial charge in [0, 0.05) is 6.04 Å². The zero-order valence-corrected chi connectivity index (χ0v) is 7.46. The lowest BCUT2D eigenvalue weighted by Crippen LogP contribution is -2.49. The predicted molar refractivity (Wildman–Crippen MR) is 43.4 cm³/mol. The molecule has 2 atom stereocenters. The third-order valence-corrected chi connectivity index (χ3v) is 1.79. The zero-order chi connectivity index (χ0) is 8.48. The van der Waals surface area contributed by atoms with Crippen LogP contribution in [0.4, 0.5) is 0 Å². The maximum absolute atomic E-state index is 5.69. The topological polar surface area (TPSA) is 44.5 Å². The average Bonchev–Trinajstić information content (AvgIpc) is 1.85. The molecule has 0 saturated carbocycles. The molecule has 0 aliphatic carbocycles. The van der Waals surface area contributed by atoms with Crippen LogP contribution in [0.25, 0.3) is 0 Å². The van der Waals surface area contributed by atoms with Gasteiger partial charge in [0.15, 0.2) is 0 Å². The molecule has 0 aromatic heterocycles. The highest BCUT2D eigenvalue weighted by atomic mass is 16.6. The smallest absolute Gasteiger partial charge is 0.0964 e. The second-order valence-electron chi connectivity index (χ2n) is 3.79. The number of ether oxygens (including phenoxy) is 2. The van der Waals surface area contributed by atoms with Crippen LogP contribution in [0.5, 0.6) is 0 Å². The molecule has 0 aromatic carbocycles. The number of hydrogen-bond acceptors (Lipinski definition) is 3. The van der Waals surface area contributed by atoms with Crippen LogP contribution in [-0.2, 0) is 9.47 Å². The van der Waals surface area contributed by atoms with Gasteiger partial charge in [0.05, 0.1) is 24.9 Å². The van der Waals surface area contributed by atoms with E-state index in [9.17, 15) is 0 Å². The molecule has 0 amide bonds. The quantitative estimate of drug-likeness (QED) is 0.607. The first kappa shape index (κ1) is 8.97. The van der Waals surface area contributed by atoms with Crippen molar-refractivity contribution in [3.63, 3.8) is 0 Å². The lowest BCUT2D eigenvalue weighted by atomic mass is 10.1. The summed E-state index contributed by atoms with van der Waals surface area (Å²) in [7, 11) is 0. The first-order valence-electron chi connectivity index (χ1n) is 4.02. The van der Waals surface area contributed by atoms with Crippen LogP contribution in [0.2, 0.25) is 0 Å². The van der Waals surface area contributed by atoms with E-state index in [1.54, 1.807) is 0 Å². The Hall–Kier alpha value is -0.120. The number of nitrogens with two attached hydrogens (primary N) is 1. The van der Waals surface area contributed by atoms with Crippen LogP contribution in [0.3, 0.4) is 0 Å². The fourth-order valence-electron chi connectivity index (χ4n) is 1.16. The van der Waals surface area contributed by atoms with Crippen molar-refractivity contribution < 1.29 is 9.47 Å². The Morgan fingerprint density at radius 1 is 1.55 bits per heavy atom. The Morgan fingerprint density at radius 3 is 2.55 bits per heavy atom. The lowest BCUT2D eigenvalue weighted by Gasteiger charge is -2.37. The summed E-state index contributed by atoms with van der Waals surface area (Å²) in [5, 5.41) is 0. The van der Waals surface area contributed by atoms with Crippen molar-refractivity contribution in [1.29, 1.82) is 0 Å². The van der Waals surface area contributed by atoms with Crippen molar-refractivity contribution in [3.05, 3.63) is 0 Å². The molecule has 3 heteroatoms. The highest BCUT2D eigenvalue weighted by Gasteiger charge is 2.30. The van der Waals surface area contributed by atoms with E-state index in [4.69, 9.17) is 15.2 Å². The molecule has 2 unspecified atom stereocenters. The van der Waals surface area contributed by atoms with Crippen molar-refractivity contribution in [1.82, 2.24) is 0 Å². The summed E-state index contributed by atoms with van der Waals surface area (Å²) in [5.41, 5.74) is 5.51. The van der Waals surface area contributed by atoms with Crippen molar-refractivity contribution >= 4 is 0 Å². The molecule has 1 aliphatic rings. The second kappa shape index (κ2) is 3.09. The van der Waals surface area contributed by atoms with Crippen LogP contribution >= 0.6 is 0 Å². The van der Waals surface area contributed by atoms with Gasteiger partial charge in [-0.1, -0.05) is 0 Å². The molecular weight excluding hydrogens is 142 g/mol. The van der Waals surface area contributed by atoms with Gasteiger partial charge < -0.3 is 15.2 Å². The van der Waals surface area contributed by atoms with Crippen LogP contribution in [0.15, 0.2) is 0 Å².